The van der Waals surface area contributed by atoms with Crippen LogP contribution in [0.1, 0.15) is 55.8 Å². The minimum atomic E-state index is -3.74. The van der Waals surface area contributed by atoms with Gasteiger partial charge >= 0.3 is 0 Å². The fourth-order valence-corrected chi connectivity index (χ4v) is 5.95. The van der Waals surface area contributed by atoms with Crippen LogP contribution >= 0.6 is 15.9 Å². The molecule has 1 N–H and O–H groups in total. The van der Waals surface area contributed by atoms with Gasteiger partial charge in [-0.05, 0) is 53.4 Å². The van der Waals surface area contributed by atoms with Crippen molar-refractivity contribution in [2.45, 2.75) is 62.8 Å². The predicted molar refractivity (Wildman–Crippen MR) is 97.6 cm³/mol. The maximum absolute atomic E-state index is 13.1. The van der Waals surface area contributed by atoms with Crippen LogP contribution in [0.2, 0.25) is 0 Å². The quantitative estimate of drug-likeness (QED) is 0.745. The summed E-state index contributed by atoms with van der Waals surface area (Å²) in [5.74, 6) is 0.869. The first-order chi connectivity index (χ1) is 11.8. The number of nitrogens with one attached hydrogen (secondary N) is 1. The third-order valence-corrected chi connectivity index (χ3v) is 7.13. The number of hydrogen-bond donors (Lipinski definition) is 1. The molecule has 0 aliphatic heterocycles. The third-order valence-electron chi connectivity index (χ3n) is 4.62. The maximum Gasteiger partial charge on any atom is 0.242 e. The van der Waals surface area contributed by atoms with Crippen molar-refractivity contribution in [1.82, 2.24) is 14.9 Å². The molecule has 0 unspecified atom stereocenters. The first kappa shape index (κ1) is 18.5. The second-order valence-electron chi connectivity index (χ2n) is 6.67. The van der Waals surface area contributed by atoms with Crippen LogP contribution in [-0.4, -0.2) is 18.6 Å². The molecule has 1 saturated carbocycles. The van der Waals surface area contributed by atoms with Gasteiger partial charge in [0.2, 0.25) is 15.9 Å². The average Bonchev–Trinajstić information content (AvgIpc) is 2.83. The zero-order valence-electron chi connectivity index (χ0n) is 14.4. The molecule has 0 atom stereocenters. The van der Waals surface area contributed by atoms with Crippen molar-refractivity contribution in [2.24, 2.45) is 0 Å². The second-order valence-corrected chi connectivity index (χ2v) is 9.18. The van der Waals surface area contributed by atoms with E-state index >= 15 is 0 Å². The summed E-state index contributed by atoms with van der Waals surface area (Å²) < 4.78 is 34.8. The molecule has 0 bridgehead atoms. The Hall–Kier alpha value is -1.25. The Morgan fingerprint density at radius 2 is 1.84 bits per heavy atom. The van der Waals surface area contributed by atoms with Gasteiger partial charge in [0.05, 0.1) is 10.4 Å². The van der Waals surface area contributed by atoms with Crippen LogP contribution in [0.3, 0.4) is 0 Å². The topological polar surface area (TPSA) is 85.1 Å². The van der Waals surface area contributed by atoms with Gasteiger partial charge < -0.3 is 4.52 Å². The number of benzene rings is 1. The summed E-state index contributed by atoms with van der Waals surface area (Å²) in [6.45, 7) is 3.63. The molecule has 1 aromatic heterocycles. The highest BCUT2D eigenvalue weighted by atomic mass is 79.9. The van der Waals surface area contributed by atoms with Crippen LogP contribution in [0.25, 0.3) is 0 Å². The summed E-state index contributed by atoms with van der Waals surface area (Å²) in [4.78, 5) is 4.57. The molecule has 136 valence electrons. The number of aromatic nitrogens is 2. The van der Waals surface area contributed by atoms with Gasteiger partial charge in [-0.3, -0.25) is 0 Å². The van der Waals surface area contributed by atoms with E-state index in [-0.39, 0.29) is 4.90 Å². The van der Waals surface area contributed by atoms with Gasteiger partial charge in [0.15, 0.2) is 5.82 Å². The average molecular weight is 428 g/mol. The summed E-state index contributed by atoms with van der Waals surface area (Å²) >= 11 is 3.37. The summed E-state index contributed by atoms with van der Waals surface area (Å²) in [7, 11) is -3.74. The molecule has 0 amide bonds. The van der Waals surface area contributed by atoms with E-state index in [4.69, 9.17) is 4.52 Å². The molecule has 1 aromatic carbocycles. The van der Waals surface area contributed by atoms with Crippen molar-refractivity contribution in [2.75, 3.05) is 0 Å². The number of halogens is 1. The maximum atomic E-state index is 13.1. The van der Waals surface area contributed by atoms with Gasteiger partial charge in [0.25, 0.3) is 0 Å². The minimum Gasteiger partial charge on any atom is -0.340 e. The lowest BCUT2D eigenvalue weighted by molar-refractivity contribution is 0.301. The van der Waals surface area contributed by atoms with Crippen molar-refractivity contribution >= 4 is 26.0 Å². The van der Waals surface area contributed by atoms with Gasteiger partial charge in [-0.15, -0.1) is 0 Å². The first-order valence-electron chi connectivity index (χ1n) is 8.43. The number of sulfonamides is 1. The van der Waals surface area contributed by atoms with E-state index in [0.29, 0.717) is 29.0 Å². The Labute approximate surface area is 156 Å². The van der Waals surface area contributed by atoms with E-state index in [9.17, 15) is 8.42 Å². The fraction of sp³-hybridized carbons (Fsp3) is 0.529. The molecule has 25 heavy (non-hydrogen) atoms. The van der Waals surface area contributed by atoms with Crippen LogP contribution in [0.5, 0.6) is 0 Å². The molecule has 1 aliphatic carbocycles. The molecule has 0 saturated heterocycles. The zero-order valence-corrected chi connectivity index (χ0v) is 16.8. The lowest BCUT2D eigenvalue weighted by atomic mass is 9.91. The monoisotopic (exact) mass is 427 g/mol. The Morgan fingerprint density at radius 3 is 2.40 bits per heavy atom. The number of nitrogens with zero attached hydrogens (tertiary/aromatic N) is 2. The lowest BCUT2D eigenvalue weighted by Crippen LogP contribution is -2.46. The van der Waals surface area contributed by atoms with E-state index in [2.05, 4.69) is 30.8 Å². The molecule has 1 aliphatic rings. The predicted octanol–water partition coefficient (Wildman–Crippen LogP) is 3.98. The lowest BCUT2D eigenvalue weighted by Gasteiger charge is -2.30. The van der Waals surface area contributed by atoms with E-state index in [0.717, 1.165) is 31.2 Å². The van der Waals surface area contributed by atoms with Gasteiger partial charge in [0.1, 0.15) is 0 Å². The van der Waals surface area contributed by atoms with Crippen molar-refractivity contribution in [1.29, 1.82) is 0 Å². The molecule has 6 nitrogen and oxygen atoms in total. The standard InChI is InChI=1S/C17H22BrN3O3S/c1-12-7-8-15(14(18)11-12)25(22,23)21-17(9-5-3-4-6-10-17)16-19-13(2)24-20-16/h7-8,11,21H,3-6,9-10H2,1-2H3. The normalized spacial score (nSPS) is 18.0. The van der Waals surface area contributed by atoms with E-state index < -0.39 is 15.6 Å². The van der Waals surface area contributed by atoms with Crippen molar-refractivity contribution < 1.29 is 12.9 Å². The molecular formula is C17H22BrN3O3S. The summed E-state index contributed by atoms with van der Waals surface area (Å²) in [6.07, 6.45) is 5.32. The fourth-order valence-electron chi connectivity index (χ4n) is 3.33. The number of hydrogen-bond acceptors (Lipinski definition) is 5. The smallest absolute Gasteiger partial charge is 0.242 e. The van der Waals surface area contributed by atoms with Gasteiger partial charge in [-0.1, -0.05) is 36.9 Å². The second kappa shape index (κ2) is 7.17. The molecule has 1 heterocycles. The third kappa shape index (κ3) is 3.96. The Bertz CT molecular complexity index is 856. The molecule has 3 rings (SSSR count). The molecule has 1 fully saturated rings. The number of aryl methyl sites for hydroxylation is 2. The Kier molecular flexibility index (Phi) is 5.31. The molecule has 0 radical (unpaired) electrons. The van der Waals surface area contributed by atoms with Gasteiger partial charge in [-0.2, -0.15) is 9.71 Å². The van der Waals surface area contributed by atoms with Crippen LogP contribution < -0.4 is 4.72 Å². The van der Waals surface area contributed by atoms with Crippen LogP contribution in [0.4, 0.5) is 0 Å². The molecular weight excluding hydrogens is 406 g/mol. The van der Waals surface area contributed by atoms with Crippen molar-refractivity contribution in [3.63, 3.8) is 0 Å². The zero-order chi connectivity index (χ0) is 18.1. The van der Waals surface area contributed by atoms with E-state index in [1.807, 2.05) is 6.92 Å². The molecule has 0 spiro atoms. The molecule has 8 heteroatoms. The first-order valence-corrected chi connectivity index (χ1v) is 10.7. The highest BCUT2D eigenvalue weighted by molar-refractivity contribution is 9.10. The summed E-state index contributed by atoms with van der Waals surface area (Å²) in [5, 5.41) is 4.04. The highest BCUT2D eigenvalue weighted by Crippen LogP contribution is 2.36. The number of rotatable bonds is 4. The van der Waals surface area contributed by atoms with Crippen LogP contribution in [0, 0.1) is 13.8 Å². The molecule has 2 aromatic rings. The van der Waals surface area contributed by atoms with Gasteiger partial charge in [0, 0.05) is 11.4 Å². The SMILES string of the molecule is Cc1ccc(S(=O)(=O)NC2(c3noc(C)n3)CCCCCC2)c(Br)c1. The van der Waals surface area contributed by atoms with Gasteiger partial charge in [-0.25, -0.2) is 8.42 Å². The van der Waals surface area contributed by atoms with Crippen molar-refractivity contribution in [3.05, 3.63) is 40.0 Å². The Balaban J connectivity index is 2.02. The summed E-state index contributed by atoms with van der Waals surface area (Å²) in [6, 6.07) is 5.21. The van der Waals surface area contributed by atoms with Crippen LogP contribution in [-0.2, 0) is 15.6 Å². The largest absolute Gasteiger partial charge is 0.340 e. The van der Waals surface area contributed by atoms with E-state index in [1.165, 1.54) is 0 Å². The highest BCUT2D eigenvalue weighted by Gasteiger charge is 2.41. The van der Waals surface area contributed by atoms with E-state index in [1.54, 1.807) is 25.1 Å². The van der Waals surface area contributed by atoms with Crippen LogP contribution in [0.15, 0.2) is 32.1 Å². The Morgan fingerprint density at radius 1 is 1.16 bits per heavy atom. The summed E-state index contributed by atoms with van der Waals surface area (Å²) in [5.41, 5.74) is 0.168. The minimum absolute atomic E-state index is 0.224. The van der Waals surface area contributed by atoms with Crippen molar-refractivity contribution in [3.8, 4) is 0 Å².